The quantitative estimate of drug-likeness (QED) is 0.0261. The van der Waals surface area contributed by atoms with Crippen LogP contribution in [0, 0.1) is 0 Å². The Balaban J connectivity index is 4.34. The average Bonchev–Trinajstić information content (AvgIpc) is 3.42. The van der Waals surface area contributed by atoms with Gasteiger partial charge in [-0.1, -0.05) is 285 Å². The molecule has 436 valence electrons. The number of unbranched alkanes of at least 4 members (excludes halogenated alkanes) is 31. The van der Waals surface area contributed by atoms with Crippen molar-refractivity contribution in [2.45, 2.75) is 316 Å². The molecule has 1 atom stereocenters. The molecule has 0 N–H and O–H groups in total. The molecule has 1 unspecified atom stereocenters. The van der Waals surface area contributed by atoms with Crippen LogP contribution in [0.2, 0.25) is 0 Å². The van der Waals surface area contributed by atoms with Crippen molar-refractivity contribution in [1.29, 1.82) is 0 Å². The molecule has 76 heavy (non-hydrogen) atoms. The summed E-state index contributed by atoms with van der Waals surface area (Å²) >= 11 is 0. The highest BCUT2D eigenvalue weighted by Gasteiger charge is 2.19. The average molecular weight is 1060 g/mol. The second-order valence-corrected chi connectivity index (χ2v) is 21.3. The summed E-state index contributed by atoms with van der Waals surface area (Å²) in [6.07, 6.45) is 85.5. The number of ether oxygens (including phenoxy) is 3. The number of allylic oxidation sites excluding steroid dienone is 16. The van der Waals surface area contributed by atoms with Crippen LogP contribution in [0.3, 0.4) is 0 Å². The van der Waals surface area contributed by atoms with Crippen LogP contribution in [0.4, 0.5) is 0 Å². The Bertz CT molecular complexity index is 1490. The maximum absolute atomic E-state index is 12.9. The zero-order valence-corrected chi connectivity index (χ0v) is 50.0. The van der Waals surface area contributed by atoms with Gasteiger partial charge in [0.25, 0.3) is 0 Å². The third-order valence-corrected chi connectivity index (χ3v) is 13.8. The first-order valence-electron chi connectivity index (χ1n) is 32.2. The minimum absolute atomic E-state index is 0.0806. The van der Waals surface area contributed by atoms with Gasteiger partial charge in [-0.05, 0) is 103 Å². The van der Waals surface area contributed by atoms with E-state index in [0.29, 0.717) is 19.3 Å². The van der Waals surface area contributed by atoms with Crippen LogP contribution < -0.4 is 0 Å². The first kappa shape index (κ1) is 72.3. The van der Waals surface area contributed by atoms with E-state index in [1.807, 2.05) is 0 Å². The molecule has 0 rings (SSSR count). The molecule has 6 nitrogen and oxygen atoms in total. The van der Waals surface area contributed by atoms with E-state index in [0.717, 1.165) is 116 Å². The van der Waals surface area contributed by atoms with E-state index in [1.165, 1.54) is 154 Å². The van der Waals surface area contributed by atoms with Crippen molar-refractivity contribution in [1.82, 2.24) is 0 Å². The Morgan fingerprint density at radius 1 is 0.276 bits per heavy atom. The minimum Gasteiger partial charge on any atom is -0.462 e. The van der Waals surface area contributed by atoms with Gasteiger partial charge in [0.2, 0.25) is 0 Å². The SMILES string of the molecule is CC/C=C\C/C=C\C/C=C\C/C=C\C/C=C\C/C=C\CCCCCCCCCCC(=O)OCC(COC(=O)CCCCCCCCCCCCCCCC)OC(=O)CCCCCCCCC/C=C\C/C=C\CCCCC. The Morgan fingerprint density at radius 3 is 0.829 bits per heavy atom. The standard InChI is InChI=1S/C70H120O6/c1-4-7-10-13-16-19-22-25-28-30-31-32-33-34-35-36-37-38-39-41-42-45-48-51-54-57-60-63-69(72)75-66-67(65-74-68(71)62-59-56-53-50-47-44-27-24-21-18-15-12-9-6-3)76-70(73)64-61-58-55-52-49-46-43-40-29-26-23-20-17-14-11-8-5-2/h7,10,16-17,19-20,25-26,28-29,31-32,34-35,37-38,67H,4-6,8-9,11-15,18,21-24,27,30,33,36,39-66H2,1-3H3/b10-7-,19-16-,20-17-,28-25-,29-26-,32-31-,35-34-,38-37-. The van der Waals surface area contributed by atoms with Crippen LogP contribution in [0.5, 0.6) is 0 Å². The molecular formula is C70H120O6. The molecule has 0 saturated heterocycles. The van der Waals surface area contributed by atoms with Gasteiger partial charge >= 0.3 is 17.9 Å². The molecule has 0 amide bonds. The fraction of sp³-hybridized carbons (Fsp3) is 0.729. The number of esters is 3. The second-order valence-electron chi connectivity index (χ2n) is 21.3. The van der Waals surface area contributed by atoms with E-state index in [4.69, 9.17) is 14.2 Å². The molecule has 0 fully saturated rings. The van der Waals surface area contributed by atoms with Gasteiger partial charge < -0.3 is 14.2 Å². The van der Waals surface area contributed by atoms with Crippen LogP contribution in [-0.4, -0.2) is 37.2 Å². The van der Waals surface area contributed by atoms with Gasteiger partial charge in [-0.3, -0.25) is 14.4 Å². The predicted molar refractivity (Wildman–Crippen MR) is 330 cm³/mol. The van der Waals surface area contributed by atoms with Crippen LogP contribution in [0.15, 0.2) is 97.2 Å². The van der Waals surface area contributed by atoms with Gasteiger partial charge in [0, 0.05) is 19.3 Å². The summed E-state index contributed by atoms with van der Waals surface area (Å²) in [5.41, 5.74) is 0. The highest BCUT2D eigenvalue weighted by Crippen LogP contribution is 2.16. The summed E-state index contributed by atoms with van der Waals surface area (Å²) < 4.78 is 16.9. The first-order valence-corrected chi connectivity index (χ1v) is 32.2. The Morgan fingerprint density at radius 2 is 0.513 bits per heavy atom. The second kappa shape index (κ2) is 63.9. The van der Waals surface area contributed by atoms with Crippen molar-refractivity contribution in [2.75, 3.05) is 13.2 Å². The number of carbonyl (C=O) groups is 3. The van der Waals surface area contributed by atoms with E-state index in [9.17, 15) is 14.4 Å². The summed E-state index contributed by atoms with van der Waals surface area (Å²) in [4.78, 5) is 38.3. The number of hydrogen-bond donors (Lipinski definition) is 0. The fourth-order valence-corrected chi connectivity index (χ4v) is 9.01. The van der Waals surface area contributed by atoms with Crippen LogP contribution in [-0.2, 0) is 28.6 Å². The lowest BCUT2D eigenvalue weighted by Gasteiger charge is -2.18. The van der Waals surface area contributed by atoms with Crippen molar-refractivity contribution in [3.63, 3.8) is 0 Å². The van der Waals surface area contributed by atoms with Crippen LogP contribution in [0.1, 0.15) is 310 Å². The molecule has 0 aromatic carbocycles. The summed E-state index contributed by atoms with van der Waals surface area (Å²) in [5, 5.41) is 0. The minimum atomic E-state index is -0.785. The molecule has 0 aromatic heterocycles. The van der Waals surface area contributed by atoms with Crippen molar-refractivity contribution in [2.24, 2.45) is 0 Å². The largest absolute Gasteiger partial charge is 0.462 e. The topological polar surface area (TPSA) is 78.9 Å². The van der Waals surface area contributed by atoms with E-state index in [2.05, 4.69) is 118 Å². The third kappa shape index (κ3) is 61.2. The van der Waals surface area contributed by atoms with Crippen LogP contribution in [0.25, 0.3) is 0 Å². The highest BCUT2D eigenvalue weighted by atomic mass is 16.6. The zero-order chi connectivity index (χ0) is 55.0. The normalized spacial score (nSPS) is 12.7. The number of rotatable bonds is 58. The van der Waals surface area contributed by atoms with Crippen LogP contribution >= 0.6 is 0 Å². The Labute approximate surface area is 470 Å². The maximum Gasteiger partial charge on any atom is 0.306 e. The molecule has 0 spiro atoms. The smallest absolute Gasteiger partial charge is 0.306 e. The van der Waals surface area contributed by atoms with Gasteiger partial charge in [-0.25, -0.2) is 0 Å². The van der Waals surface area contributed by atoms with Crippen molar-refractivity contribution in [3.8, 4) is 0 Å². The third-order valence-electron chi connectivity index (χ3n) is 13.8. The highest BCUT2D eigenvalue weighted by molar-refractivity contribution is 5.71. The van der Waals surface area contributed by atoms with Crippen molar-refractivity contribution in [3.05, 3.63) is 97.2 Å². The van der Waals surface area contributed by atoms with E-state index in [1.54, 1.807) is 0 Å². The van der Waals surface area contributed by atoms with Crippen molar-refractivity contribution >= 4 is 17.9 Å². The number of carbonyl (C=O) groups excluding carboxylic acids is 3. The van der Waals surface area contributed by atoms with Gasteiger partial charge in [0.05, 0.1) is 0 Å². The van der Waals surface area contributed by atoms with E-state index in [-0.39, 0.29) is 31.1 Å². The molecule has 0 aliphatic carbocycles. The van der Waals surface area contributed by atoms with Gasteiger partial charge in [0.1, 0.15) is 13.2 Å². The molecule has 0 saturated carbocycles. The van der Waals surface area contributed by atoms with E-state index < -0.39 is 6.10 Å². The van der Waals surface area contributed by atoms with Gasteiger partial charge in [0.15, 0.2) is 6.10 Å². The lowest BCUT2D eigenvalue weighted by atomic mass is 10.0. The van der Waals surface area contributed by atoms with Crippen molar-refractivity contribution < 1.29 is 28.6 Å². The summed E-state index contributed by atoms with van der Waals surface area (Å²) in [5.74, 6) is -0.886. The lowest BCUT2D eigenvalue weighted by Crippen LogP contribution is -2.30. The number of hydrogen-bond acceptors (Lipinski definition) is 6. The molecule has 6 heteroatoms. The van der Waals surface area contributed by atoms with E-state index >= 15 is 0 Å². The lowest BCUT2D eigenvalue weighted by molar-refractivity contribution is -0.167. The molecule has 0 aliphatic heterocycles. The maximum atomic E-state index is 12.9. The Hall–Kier alpha value is -3.67. The summed E-state index contributed by atoms with van der Waals surface area (Å²) in [7, 11) is 0. The summed E-state index contributed by atoms with van der Waals surface area (Å²) in [6.45, 7) is 6.52. The molecule has 0 bridgehead atoms. The van der Waals surface area contributed by atoms with Gasteiger partial charge in [-0.15, -0.1) is 0 Å². The first-order chi connectivity index (χ1) is 37.5. The monoisotopic (exact) mass is 1060 g/mol. The molecule has 0 aliphatic rings. The molecule has 0 heterocycles. The van der Waals surface area contributed by atoms with Gasteiger partial charge in [-0.2, -0.15) is 0 Å². The summed E-state index contributed by atoms with van der Waals surface area (Å²) in [6, 6.07) is 0. The molecule has 0 radical (unpaired) electrons. The predicted octanol–water partition coefficient (Wildman–Crippen LogP) is 22.0. The Kier molecular flexibility index (Phi) is 60.8. The zero-order valence-electron chi connectivity index (χ0n) is 50.0. The molecular weight excluding hydrogens is 937 g/mol. The molecule has 0 aromatic rings. The fourth-order valence-electron chi connectivity index (χ4n) is 9.01.